The molecule has 2 saturated heterocycles. The number of rotatable bonds is 8. The van der Waals surface area contributed by atoms with E-state index < -0.39 is 5.54 Å². The molecule has 2 amide bonds. The number of benzene rings is 1. The van der Waals surface area contributed by atoms with E-state index in [1.54, 1.807) is 0 Å². The van der Waals surface area contributed by atoms with Gasteiger partial charge in [0.05, 0.1) is 19.3 Å². The normalized spacial score (nSPS) is 25.0. The maximum atomic E-state index is 13.5. The minimum absolute atomic E-state index is 0.0300. The number of amides is 2. The van der Waals surface area contributed by atoms with Crippen molar-refractivity contribution in [3.63, 3.8) is 0 Å². The predicted octanol–water partition coefficient (Wildman–Crippen LogP) is 3.11. The van der Waals surface area contributed by atoms with E-state index in [9.17, 15) is 14.9 Å². The lowest BCUT2D eigenvalue weighted by molar-refractivity contribution is -0.140. The third-order valence-electron chi connectivity index (χ3n) is 7.67. The summed E-state index contributed by atoms with van der Waals surface area (Å²) in [4.78, 5) is 30.6. The van der Waals surface area contributed by atoms with Crippen LogP contribution in [0.25, 0.3) is 0 Å². The molecule has 0 radical (unpaired) electrons. The molecular formula is C27H38N4O3. The van der Waals surface area contributed by atoms with Crippen LogP contribution in [0.3, 0.4) is 0 Å². The Balaban J connectivity index is 1.40. The van der Waals surface area contributed by atoms with Gasteiger partial charge in [0.15, 0.2) is 0 Å². The van der Waals surface area contributed by atoms with Crippen molar-refractivity contribution in [2.24, 2.45) is 11.8 Å². The van der Waals surface area contributed by atoms with Crippen LogP contribution in [0.2, 0.25) is 0 Å². The minimum atomic E-state index is -0.890. The predicted molar refractivity (Wildman–Crippen MR) is 130 cm³/mol. The van der Waals surface area contributed by atoms with E-state index in [1.165, 1.54) is 24.8 Å². The van der Waals surface area contributed by atoms with Crippen LogP contribution in [0, 0.1) is 23.2 Å². The molecule has 3 aliphatic rings. The number of hydrogen-bond donors (Lipinski definition) is 1. The highest BCUT2D eigenvalue weighted by atomic mass is 16.5. The fraction of sp³-hybridized carbons (Fsp3) is 0.667. The summed E-state index contributed by atoms with van der Waals surface area (Å²) < 4.78 is 5.38. The summed E-state index contributed by atoms with van der Waals surface area (Å²) in [6, 6.07) is 12.6. The van der Waals surface area contributed by atoms with E-state index in [4.69, 9.17) is 4.74 Å². The van der Waals surface area contributed by atoms with E-state index in [0.717, 1.165) is 32.4 Å². The largest absolute Gasteiger partial charge is 0.378 e. The van der Waals surface area contributed by atoms with Gasteiger partial charge in [0.1, 0.15) is 5.54 Å². The lowest BCUT2D eigenvalue weighted by Crippen LogP contribution is -2.52. The molecule has 1 N–H and O–H groups in total. The molecule has 34 heavy (non-hydrogen) atoms. The van der Waals surface area contributed by atoms with Crippen LogP contribution >= 0.6 is 0 Å². The van der Waals surface area contributed by atoms with Gasteiger partial charge in [-0.25, -0.2) is 0 Å². The van der Waals surface area contributed by atoms with Crippen LogP contribution in [0.5, 0.6) is 0 Å². The van der Waals surface area contributed by atoms with E-state index in [0.29, 0.717) is 45.2 Å². The van der Waals surface area contributed by atoms with Gasteiger partial charge in [-0.15, -0.1) is 0 Å². The second-order valence-corrected chi connectivity index (χ2v) is 10.3. The molecular weight excluding hydrogens is 428 g/mol. The zero-order chi connectivity index (χ0) is 23.8. The van der Waals surface area contributed by atoms with Gasteiger partial charge in [-0.3, -0.25) is 14.5 Å². The summed E-state index contributed by atoms with van der Waals surface area (Å²) in [6.45, 7) is 4.34. The maximum Gasteiger partial charge on any atom is 0.224 e. The minimum Gasteiger partial charge on any atom is -0.378 e. The smallest absolute Gasteiger partial charge is 0.224 e. The summed E-state index contributed by atoms with van der Waals surface area (Å²) in [5.74, 6) is 0.00251. The van der Waals surface area contributed by atoms with Crippen LogP contribution in [-0.2, 0) is 20.9 Å². The number of carbonyl (C=O) groups excluding carboxylic acids is 2. The molecule has 1 unspecified atom stereocenters. The Kier molecular flexibility index (Phi) is 8.58. The monoisotopic (exact) mass is 466 g/mol. The van der Waals surface area contributed by atoms with Gasteiger partial charge in [0, 0.05) is 45.1 Å². The molecule has 4 rings (SSSR count). The topological polar surface area (TPSA) is 85.7 Å². The van der Waals surface area contributed by atoms with Crippen LogP contribution in [0.15, 0.2) is 30.3 Å². The average molecular weight is 467 g/mol. The quantitative estimate of drug-likeness (QED) is 0.636. The number of morpholine rings is 1. The van der Waals surface area contributed by atoms with Crippen LogP contribution in [0.1, 0.15) is 56.9 Å². The molecule has 2 aliphatic heterocycles. The second kappa shape index (κ2) is 11.8. The molecule has 1 aromatic carbocycles. The van der Waals surface area contributed by atoms with E-state index in [1.807, 2.05) is 23.1 Å². The van der Waals surface area contributed by atoms with Crippen LogP contribution in [-0.4, -0.2) is 66.5 Å². The second-order valence-electron chi connectivity index (χ2n) is 10.3. The van der Waals surface area contributed by atoms with Crippen LogP contribution in [0.4, 0.5) is 0 Å². The molecule has 3 fully saturated rings. The van der Waals surface area contributed by atoms with Crippen molar-refractivity contribution < 1.29 is 14.3 Å². The van der Waals surface area contributed by atoms with Crippen molar-refractivity contribution in [1.29, 1.82) is 5.26 Å². The van der Waals surface area contributed by atoms with Crippen LogP contribution < -0.4 is 5.32 Å². The zero-order valence-corrected chi connectivity index (χ0v) is 20.2. The number of nitrogens with one attached hydrogen (secondary N) is 1. The highest BCUT2D eigenvalue weighted by Crippen LogP contribution is 2.31. The van der Waals surface area contributed by atoms with E-state index in [2.05, 4.69) is 28.4 Å². The first-order valence-electron chi connectivity index (χ1n) is 12.9. The summed E-state index contributed by atoms with van der Waals surface area (Å²) in [5.41, 5.74) is 0.312. The van der Waals surface area contributed by atoms with Crippen molar-refractivity contribution in [3.05, 3.63) is 35.9 Å². The number of ether oxygens (including phenoxy) is 1. The molecule has 0 aromatic heterocycles. The molecule has 1 aliphatic carbocycles. The number of nitriles is 1. The zero-order valence-electron chi connectivity index (χ0n) is 20.2. The highest BCUT2D eigenvalue weighted by Gasteiger charge is 2.41. The van der Waals surface area contributed by atoms with Crippen molar-refractivity contribution in [2.45, 2.75) is 63.5 Å². The summed E-state index contributed by atoms with van der Waals surface area (Å²) in [7, 11) is 0. The van der Waals surface area contributed by atoms with Crippen molar-refractivity contribution >= 4 is 11.8 Å². The number of carbonyl (C=O) groups is 2. The lowest BCUT2D eigenvalue weighted by Gasteiger charge is -2.32. The van der Waals surface area contributed by atoms with E-state index >= 15 is 0 Å². The first-order valence-corrected chi connectivity index (χ1v) is 12.9. The fourth-order valence-corrected chi connectivity index (χ4v) is 5.69. The first-order chi connectivity index (χ1) is 16.6. The molecule has 7 nitrogen and oxygen atoms in total. The van der Waals surface area contributed by atoms with Crippen molar-refractivity contribution in [3.8, 4) is 6.07 Å². The number of nitrogens with zero attached hydrogens (tertiary/aromatic N) is 3. The molecule has 2 heterocycles. The Morgan fingerprint density at radius 1 is 1.12 bits per heavy atom. The Hall–Kier alpha value is -2.43. The van der Waals surface area contributed by atoms with Crippen molar-refractivity contribution in [2.75, 3.05) is 39.4 Å². The average Bonchev–Trinajstić information content (AvgIpc) is 3.28. The Morgan fingerprint density at radius 2 is 1.85 bits per heavy atom. The van der Waals surface area contributed by atoms with Gasteiger partial charge in [-0.1, -0.05) is 62.4 Å². The number of hydrogen-bond acceptors (Lipinski definition) is 5. The molecule has 1 aromatic rings. The van der Waals surface area contributed by atoms with E-state index in [-0.39, 0.29) is 24.2 Å². The Labute approximate surface area is 203 Å². The Morgan fingerprint density at radius 3 is 2.56 bits per heavy atom. The first kappa shape index (κ1) is 24.7. The fourth-order valence-electron chi connectivity index (χ4n) is 5.69. The van der Waals surface area contributed by atoms with Gasteiger partial charge in [0.25, 0.3) is 0 Å². The van der Waals surface area contributed by atoms with Gasteiger partial charge < -0.3 is 15.0 Å². The molecule has 2 atom stereocenters. The van der Waals surface area contributed by atoms with Crippen molar-refractivity contribution in [1.82, 2.24) is 15.1 Å². The molecule has 0 bridgehead atoms. The molecule has 184 valence electrons. The number of likely N-dealkylation sites (tertiary alicyclic amines) is 1. The highest BCUT2D eigenvalue weighted by molar-refractivity contribution is 5.86. The summed E-state index contributed by atoms with van der Waals surface area (Å²) in [6.07, 6.45) is 7.48. The maximum absolute atomic E-state index is 13.5. The lowest BCUT2D eigenvalue weighted by atomic mass is 9.81. The van der Waals surface area contributed by atoms with Gasteiger partial charge in [-0.2, -0.15) is 5.26 Å². The van der Waals surface area contributed by atoms with Gasteiger partial charge in [-0.05, 0) is 24.3 Å². The SMILES string of the molecule is N#CC1(NC(=O)[C@@H](CC(=O)N2CCOCC2)CC2CCCCC2)CCN(Cc2ccccc2)C1. The van der Waals surface area contributed by atoms with Gasteiger partial charge in [0.2, 0.25) is 11.8 Å². The summed E-state index contributed by atoms with van der Waals surface area (Å²) >= 11 is 0. The molecule has 7 heteroatoms. The molecule has 0 spiro atoms. The standard InChI is InChI=1S/C27H38N4O3/c28-20-27(11-12-30(21-27)19-23-9-5-2-6-10-23)29-26(33)24(17-22-7-3-1-4-8-22)18-25(32)31-13-15-34-16-14-31/h2,5-6,9-10,22,24H,1,3-4,7-8,11-19,21H2,(H,29,33)/t24-,27?/m1/s1. The third kappa shape index (κ3) is 6.58. The Bertz CT molecular complexity index is 858. The molecule has 1 saturated carbocycles. The third-order valence-corrected chi connectivity index (χ3v) is 7.67. The van der Waals surface area contributed by atoms with Gasteiger partial charge >= 0.3 is 0 Å². The summed E-state index contributed by atoms with van der Waals surface area (Å²) in [5, 5.41) is 13.2.